The lowest BCUT2D eigenvalue weighted by Crippen LogP contribution is -2.50. The summed E-state index contributed by atoms with van der Waals surface area (Å²) in [6.45, 7) is 7.18. The zero-order valence-corrected chi connectivity index (χ0v) is 16.9. The fourth-order valence-electron chi connectivity index (χ4n) is 3.40. The van der Waals surface area contributed by atoms with Crippen LogP contribution in [0.1, 0.15) is 12.7 Å². The van der Waals surface area contributed by atoms with Gasteiger partial charge in [0.15, 0.2) is 11.5 Å². The van der Waals surface area contributed by atoms with E-state index in [1.807, 2.05) is 23.4 Å². The van der Waals surface area contributed by atoms with Crippen LogP contribution in [0.3, 0.4) is 0 Å². The molecule has 1 saturated heterocycles. The van der Waals surface area contributed by atoms with Gasteiger partial charge in [-0.1, -0.05) is 6.92 Å². The molecule has 0 atom stereocenters. The smallest absolute Gasteiger partial charge is 0.321 e. The van der Waals surface area contributed by atoms with Crippen LogP contribution in [0.5, 0.6) is 11.5 Å². The highest BCUT2D eigenvalue weighted by molar-refractivity contribution is 5.89. The molecule has 0 bridgehead atoms. The molecule has 1 aromatic carbocycles. The minimum atomic E-state index is -0.0882. The van der Waals surface area contributed by atoms with Gasteiger partial charge in [0.05, 0.1) is 14.2 Å². The van der Waals surface area contributed by atoms with Crippen LogP contribution in [0.2, 0.25) is 0 Å². The highest BCUT2D eigenvalue weighted by Gasteiger charge is 2.21. The number of piperazine rings is 1. The first-order valence-electron chi connectivity index (χ1n) is 9.65. The van der Waals surface area contributed by atoms with Gasteiger partial charge >= 0.3 is 6.03 Å². The number of benzene rings is 1. The molecule has 1 aromatic heterocycles. The number of carbonyl (C=O) groups is 1. The Bertz CT molecular complexity index is 784. The summed E-state index contributed by atoms with van der Waals surface area (Å²) in [5, 5.41) is 2.94. The molecule has 0 saturated carbocycles. The molecule has 2 aromatic rings. The molecule has 0 aliphatic carbocycles. The van der Waals surface area contributed by atoms with Crippen LogP contribution in [0.15, 0.2) is 30.6 Å². The summed E-state index contributed by atoms with van der Waals surface area (Å²) in [7, 11) is 3.17. The third-order valence-electron chi connectivity index (χ3n) is 5.07. The van der Waals surface area contributed by atoms with Crippen molar-refractivity contribution >= 4 is 11.7 Å². The summed E-state index contributed by atoms with van der Waals surface area (Å²) in [5.41, 5.74) is 0.692. The number of urea groups is 1. The van der Waals surface area contributed by atoms with Crippen molar-refractivity contribution < 1.29 is 14.3 Å². The molecule has 0 unspecified atom stereocenters. The second-order valence-corrected chi connectivity index (χ2v) is 6.72. The number of rotatable bonds is 7. The van der Waals surface area contributed by atoms with E-state index in [0.717, 1.165) is 38.4 Å². The summed E-state index contributed by atoms with van der Waals surface area (Å²) in [5.74, 6) is 2.35. The number of nitrogens with one attached hydrogen (secondary N) is 1. The van der Waals surface area contributed by atoms with E-state index in [9.17, 15) is 4.79 Å². The molecule has 1 fully saturated rings. The molecular weight excluding hydrogens is 358 g/mol. The number of carbonyl (C=O) groups excluding carboxylic acids is 1. The van der Waals surface area contributed by atoms with Crippen LogP contribution in [0, 0.1) is 0 Å². The molecule has 1 aliphatic rings. The number of methoxy groups -OCH3 is 2. The van der Waals surface area contributed by atoms with Gasteiger partial charge in [-0.15, -0.1) is 0 Å². The maximum Gasteiger partial charge on any atom is 0.321 e. The second-order valence-electron chi connectivity index (χ2n) is 6.72. The molecule has 1 aliphatic heterocycles. The zero-order valence-electron chi connectivity index (χ0n) is 16.9. The van der Waals surface area contributed by atoms with E-state index in [0.29, 0.717) is 30.3 Å². The summed E-state index contributed by atoms with van der Waals surface area (Å²) >= 11 is 0. The number of aryl methyl sites for hydroxylation is 1. The lowest BCUT2D eigenvalue weighted by atomic mass is 10.2. The van der Waals surface area contributed by atoms with E-state index in [1.54, 1.807) is 26.4 Å². The minimum absolute atomic E-state index is 0.0882. The Kier molecular flexibility index (Phi) is 6.76. The van der Waals surface area contributed by atoms with Crippen molar-refractivity contribution in [3.8, 4) is 11.5 Å². The van der Waals surface area contributed by atoms with Crippen molar-refractivity contribution in [2.45, 2.75) is 19.9 Å². The standard InChI is InChI=1S/C20H29N5O3/c1-4-19-21-7-8-24(19)12-9-23-10-13-25(14-11-23)20(26)22-16-5-6-17(27-2)18(15-16)28-3/h5-8,15H,4,9-14H2,1-3H3,(H,22,26). The largest absolute Gasteiger partial charge is 0.493 e. The Morgan fingerprint density at radius 1 is 1.11 bits per heavy atom. The first-order valence-corrected chi connectivity index (χ1v) is 9.65. The quantitative estimate of drug-likeness (QED) is 0.789. The predicted molar refractivity (Wildman–Crippen MR) is 108 cm³/mol. The van der Waals surface area contributed by atoms with Crippen molar-refractivity contribution in [1.29, 1.82) is 0 Å². The van der Waals surface area contributed by atoms with Gasteiger partial charge in [0.1, 0.15) is 5.82 Å². The van der Waals surface area contributed by atoms with Crippen LogP contribution in [0.4, 0.5) is 10.5 Å². The van der Waals surface area contributed by atoms with E-state index < -0.39 is 0 Å². The summed E-state index contributed by atoms with van der Waals surface area (Å²) < 4.78 is 12.7. The number of aromatic nitrogens is 2. The van der Waals surface area contributed by atoms with Crippen LogP contribution in [-0.4, -0.2) is 72.3 Å². The van der Waals surface area contributed by atoms with Gasteiger partial charge in [-0.25, -0.2) is 9.78 Å². The van der Waals surface area contributed by atoms with Gasteiger partial charge in [0.2, 0.25) is 0 Å². The third-order valence-corrected chi connectivity index (χ3v) is 5.07. The molecule has 0 spiro atoms. The summed E-state index contributed by atoms with van der Waals surface area (Å²) in [4.78, 5) is 21.2. The Hall–Kier alpha value is -2.74. The molecule has 1 N–H and O–H groups in total. The monoisotopic (exact) mass is 387 g/mol. The molecule has 152 valence electrons. The van der Waals surface area contributed by atoms with Gasteiger partial charge in [-0.3, -0.25) is 4.90 Å². The summed E-state index contributed by atoms with van der Waals surface area (Å²) in [6, 6.07) is 5.28. The number of ether oxygens (including phenoxy) is 2. The molecule has 3 rings (SSSR count). The lowest BCUT2D eigenvalue weighted by Gasteiger charge is -2.34. The van der Waals surface area contributed by atoms with Crippen molar-refractivity contribution in [3.63, 3.8) is 0 Å². The lowest BCUT2D eigenvalue weighted by molar-refractivity contribution is 0.144. The van der Waals surface area contributed by atoms with Crippen molar-refractivity contribution in [2.24, 2.45) is 0 Å². The SMILES string of the molecule is CCc1nccn1CCN1CCN(C(=O)Nc2ccc(OC)c(OC)c2)CC1. The molecule has 8 heteroatoms. The van der Waals surface area contributed by atoms with Crippen molar-refractivity contribution in [1.82, 2.24) is 19.4 Å². The Balaban J connectivity index is 1.47. The molecule has 2 amide bonds. The van der Waals surface area contributed by atoms with Gasteiger partial charge in [0, 0.05) is 69.8 Å². The van der Waals surface area contributed by atoms with Gasteiger partial charge in [-0.05, 0) is 12.1 Å². The fraction of sp³-hybridized carbons (Fsp3) is 0.500. The van der Waals surface area contributed by atoms with Gasteiger partial charge in [0.25, 0.3) is 0 Å². The van der Waals surface area contributed by atoms with Gasteiger partial charge in [-0.2, -0.15) is 0 Å². The molecule has 2 heterocycles. The topological polar surface area (TPSA) is 71.9 Å². The molecule has 28 heavy (non-hydrogen) atoms. The van der Waals surface area contributed by atoms with Crippen LogP contribution in [0.25, 0.3) is 0 Å². The average Bonchev–Trinajstić information content (AvgIpc) is 3.20. The number of hydrogen-bond donors (Lipinski definition) is 1. The Labute approximate surface area is 166 Å². The van der Waals surface area contributed by atoms with E-state index in [2.05, 4.69) is 26.7 Å². The first-order chi connectivity index (χ1) is 13.6. The molecular formula is C20H29N5O3. The van der Waals surface area contributed by atoms with E-state index >= 15 is 0 Å². The van der Waals surface area contributed by atoms with E-state index in [1.165, 1.54) is 0 Å². The van der Waals surface area contributed by atoms with Crippen LogP contribution >= 0.6 is 0 Å². The van der Waals surface area contributed by atoms with Crippen LogP contribution in [-0.2, 0) is 13.0 Å². The number of anilines is 1. The van der Waals surface area contributed by atoms with Crippen LogP contribution < -0.4 is 14.8 Å². The number of imidazole rings is 1. The highest BCUT2D eigenvalue weighted by atomic mass is 16.5. The first kappa shape index (κ1) is 20.0. The fourth-order valence-corrected chi connectivity index (χ4v) is 3.40. The van der Waals surface area contributed by atoms with Crippen molar-refractivity contribution in [2.75, 3.05) is 52.3 Å². The molecule has 0 radical (unpaired) electrons. The third kappa shape index (κ3) is 4.75. The second kappa shape index (κ2) is 9.45. The minimum Gasteiger partial charge on any atom is -0.493 e. The number of hydrogen-bond acceptors (Lipinski definition) is 5. The number of nitrogens with zero attached hydrogens (tertiary/aromatic N) is 4. The normalized spacial score (nSPS) is 14.8. The van der Waals surface area contributed by atoms with Crippen molar-refractivity contribution in [3.05, 3.63) is 36.4 Å². The van der Waals surface area contributed by atoms with Gasteiger partial charge < -0.3 is 24.3 Å². The summed E-state index contributed by atoms with van der Waals surface area (Å²) in [6.07, 6.45) is 4.83. The maximum atomic E-state index is 12.6. The predicted octanol–water partition coefficient (Wildman–Crippen LogP) is 2.31. The Morgan fingerprint density at radius 2 is 1.86 bits per heavy atom. The number of amides is 2. The van der Waals surface area contributed by atoms with E-state index in [4.69, 9.17) is 9.47 Å². The average molecular weight is 387 g/mol. The highest BCUT2D eigenvalue weighted by Crippen LogP contribution is 2.29. The Morgan fingerprint density at radius 3 is 2.54 bits per heavy atom. The molecule has 8 nitrogen and oxygen atoms in total. The maximum absolute atomic E-state index is 12.6. The zero-order chi connectivity index (χ0) is 19.9. The van der Waals surface area contributed by atoms with E-state index in [-0.39, 0.29) is 6.03 Å².